The monoisotopic (exact) mass is 354 g/mol. The molecule has 0 aromatic heterocycles. The third-order valence-electron chi connectivity index (χ3n) is 4.08. The van der Waals surface area contributed by atoms with Crippen LogP contribution in [-0.2, 0) is 19.6 Å². The maximum Gasteiger partial charge on any atom is 0.338 e. The molecule has 0 radical (unpaired) electrons. The largest absolute Gasteiger partial charge is 0.452 e. The maximum absolute atomic E-state index is 12.6. The molecule has 0 aliphatic carbocycles. The van der Waals surface area contributed by atoms with Crippen molar-refractivity contribution in [1.29, 1.82) is 0 Å². The molecule has 132 valence electrons. The molecule has 1 aromatic carbocycles. The van der Waals surface area contributed by atoms with E-state index in [0.29, 0.717) is 19.0 Å². The fraction of sp³-hybridized carbons (Fsp3) is 0.500. The van der Waals surface area contributed by atoms with Crippen LogP contribution in [0.25, 0.3) is 0 Å². The van der Waals surface area contributed by atoms with Gasteiger partial charge < -0.3 is 10.1 Å². The van der Waals surface area contributed by atoms with Crippen LogP contribution in [0.1, 0.15) is 30.1 Å². The molecule has 0 unspecified atom stereocenters. The predicted molar refractivity (Wildman–Crippen MR) is 87.9 cm³/mol. The second-order valence-electron chi connectivity index (χ2n) is 5.86. The van der Waals surface area contributed by atoms with Crippen molar-refractivity contribution in [3.63, 3.8) is 0 Å². The van der Waals surface area contributed by atoms with E-state index in [4.69, 9.17) is 4.74 Å². The third kappa shape index (κ3) is 4.33. The normalized spacial score (nSPS) is 16.6. The van der Waals surface area contributed by atoms with Crippen molar-refractivity contribution < 1.29 is 22.7 Å². The van der Waals surface area contributed by atoms with E-state index in [1.54, 1.807) is 0 Å². The van der Waals surface area contributed by atoms with E-state index in [1.807, 2.05) is 0 Å². The molecule has 0 saturated carbocycles. The number of rotatable bonds is 5. The quantitative estimate of drug-likeness (QED) is 0.797. The summed E-state index contributed by atoms with van der Waals surface area (Å²) in [6.45, 7) is 2.77. The highest BCUT2D eigenvalue weighted by molar-refractivity contribution is 7.89. The average molecular weight is 354 g/mol. The molecule has 1 saturated heterocycles. The number of esters is 1. The maximum atomic E-state index is 12.6. The zero-order valence-corrected chi connectivity index (χ0v) is 14.6. The molecule has 2 rings (SSSR count). The van der Waals surface area contributed by atoms with Gasteiger partial charge in [0.15, 0.2) is 6.61 Å². The molecule has 1 fully saturated rings. The second-order valence-corrected chi connectivity index (χ2v) is 7.80. The van der Waals surface area contributed by atoms with E-state index in [-0.39, 0.29) is 17.1 Å². The topological polar surface area (TPSA) is 92.8 Å². The zero-order valence-electron chi connectivity index (χ0n) is 13.8. The fourth-order valence-corrected chi connectivity index (χ4v) is 3.89. The number of hydrogen-bond donors (Lipinski definition) is 1. The lowest BCUT2D eigenvalue weighted by atomic mass is 10.0. The molecule has 0 atom stereocenters. The highest BCUT2D eigenvalue weighted by atomic mass is 32.2. The lowest BCUT2D eigenvalue weighted by Crippen LogP contribution is -2.37. The molecule has 1 N–H and O–H groups in total. The Bertz CT molecular complexity index is 692. The van der Waals surface area contributed by atoms with Gasteiger partial charge in [-0.25, -0.2) is 13.2 Å². The molecule has 1 amide bonds. The Morgan fingerprint density at radius 3 is 2.33 bits per heavy atom. The van der Waals surface area contributed by atoms with Crippen LogP contribution in [0.2, 0.25) is 0 Å². The molecule has 7 nitrogen and oxygen atoms in total. The number of hydrogen-bond acceptors (Lipinski definition) is 5. The first-order chi connectivity index (χ1) is 11.3. The Hall–Kier alpha value is -1.93. The van der Waals surface area contributed by atoms with Crippen LogP contribution in [0, 0.1) is 5.92 Å². The summed E-state index contributed by atoms with van der Waals surface area (Å²) < 4.78 is 31.5. The number of amides is 1. The smallest absolute Gasteiger partial charge is 0.338 e. The van der Waals surface area contributed by atoms with Crippen LogP contribution < -0.4 is 5.32 Å². The second kappa shape index (κ2) is 7.76. The zero-order chi connectivity index (χ0) is 17.7. The van der Waals surface area contributed by atoms with E-state index in [0.717, 1.165) is 12.8 Å². The predicted octanol–water partition coefficient (Wildman–Crippen LogP) is 1.01. The Labute approximate surface area is 142 Å². The SMILES string of the molecule is CNC(=O)COC(=O)c1ccc(S(=O)(=O)N2CCC(C)CC2)cc1. The number of likely N-dealkylation sites (N-methyl/N-ethyl adjacent to an activating group) is 1. The van der Waals surface area contributed by atoms with Gasteiger partial charge in [-0.15, -0.1) is 0 Å². The van der Waals surface area contributed by atoms with Crippen molar-refractivity contribution in [3.05, 3.63) is 29.8 Å². The van der Waals surface area contributed by atoms with E-state index in [1.165, 1.54) is 35.6 Å². The van der Waals surface area contributed by atoms with Gasteiger partial charge in [0.25, 0.3) is 5.91 Å². The first-order valence-corrected chi connectivity index (χ1v) is 9.26. The van der Waals surface area contributed by atoms with Gasteiger partial charge in [0.05, 0.1) is 10.5 Å². The summed E-state index contributed by atoms with van der Waals surface area (Å²) >= 11 is 0. The van der Waals surface area contributed by atoms with Gasteiger partial charge in [-0.2, -0.15) is 4.31 Å². The summed E-state index contributed by atoms with van der Waals surface area (Å²) in [6.07, 6.45) is 1.70. The summed E-state index contributed by atoms with van der Waals surface area (Å²) in [5, 5.41) is 2.34. The highest BCUT2D eigenvalue weighted by Gasteiger charge is 2.28. The van der Waals surface area contributed by atoms with Gasteiger partial charge in [0, 0.05) is 20.1 Å². The first-order valence-electron chi connectivity index (χ1n) is 7.82. The van der Waals surface area contributed by atoms with Gasteiger partial charge in [-0.3, -0.25) is 4.79 Å². The van der Waals surface area contributed by atoms with Crippen molar-refractivity contribution in [3.8, 4) is 0 Å². The number of carbonyl (C=O) groups is 2. The van der Waals surface area contributed by atoms with E-state index >= 15 is 0 Å². The lowest BCUT2D eigenvalue weighted by molar-refractivity contribution is -0.123. The van der Waals surface area contributed by atoms with Crippen molar-refractivity contribution >= 4 is 21.9 Å². The van der Waals surface area contributed by atoms with E-state index < -0.39 is 21.9 Å². The van der Waals surface area contributed by atoms with Gasteiger partial charge in [0.2, 0.25) is 10.0 Å². The van der Waals surface area contributed by atoms with E-state index in [2.05, 4.69) is 12.2 Å². The number of carbonyl (C=O) groups excluding carboxylic acids is 2. The summed E-state index contributed by atoms with van der Waals surface area (Å²) in [5.74, 6) is -0.551. The minimum atomic E-state index is -3.54. The molecule has 24 heavy (non-hydrogen) atoms. The Morgan fingerprint density at radius 2 is 1.79 bits per heavy atom. The van der Waals surface area contributed by atoms with Crippen molar-refractivity contribution in [2.75, 3.05) is 26.7 Å². The van der Waals surface area contributed by atoms with Crippen molar-refractivity contribution in [1.82, 2.24) is 9.62 Å². The Kier molecular flexibility index (Phi) is 5.95. The molecule has 0 spiro atoms. The average Bonchev–Trinajstić information content (AvgIpc) is 2.59. The molecule has 8 heteroatoms. The van der Waals surface area contributed by atoms with Crippen LogP contribution in [0.3, 0.4) is 0 Å². The number of nitrogens with one attached hydrogen (secondary N) is 1. The number of benzene rings is 1. The first kappa shape index (κ1) is 18.4. The lowest BCUT2D eigenvalue weighted by Gasteiger charge is -2.29. The minimum absolute atomic E-state index is 0.153. The van der Waals surface area contributed by atoms with Gasteiger partial charge in [-0.1, -0.05) is 6.92 Å². The van der Waals surface area contributed by atoms with E-state index in [9.17, 15) is 18.0 Å². The molecule has 1 aromatic rings. The number of sulfonamides is 1. The Balaban J connectivity index is 2.05. The third-order valence-corrected chi connectivity index (χ3v) is 6.00. The number of ether oxygens (including phenoxy) is 1. The molecule has 0 bridgehead atoms. The number of piperidine rings is 1. The number of nitrogens with zero attached hydrogens (tertiary/aromatic N) is 1. The van der Waals surface area contributed by atoms with Crippen LogP contribution in [0.15, 0.2) is 29.2 Å². The summed E-state index contributed by atoms with van der Waals surface area (Å²) in [7, 11) is -2.10. The Morgan fingerprint density at radius 1 is 1.21 bits per heavy atom. The molecule has 1 aliphatic heterocycles. The van der Waals surface area contributed by atoms with Crippen molar-refractivity contribution in [2.45, 2.75) is 24.7 Å². The molecule has 1 aliphatic rings. The summed E-state index contributed by atoms with van der Waals surface area (Å²) in [5.41, 5.74) is 0.199. The molecular formula is C16H22N2O5S. The van der Waals surface area contributed by atoms with Crippen LogP contribution in [-0.4, -0.2) is 51.3 Å². The summed E-state index contributed by atoms with van der Waals surface area (Å²) in [6, 6.07) is 5.57. The van der Waals surface area contributed by atoms with Crippen LogP contribution in [0.4, 0.5) is 0 Å². The highest BCUT2D eigenvalue weighted by Crippen LogP contribution is 2.23. The molecular weight excluding hydrogens is 332 g/mol. The molecule has 1 heterocycles. The van der Waals surface area contributed by atoms with Crippen molar-refractivity contribution in [2.24, 2.45) is 5.92 Å². The van der Waals surface area contributed by atoms with Gasteiger partial charge >= 0.3 is 5.97 Å². The summed E-state index contributed by atoms with van der Waals surface area (Å²) in [4.78, 5) is 23.0. The minimum Gasteiger partial charge on any atom is -0.452 e. The fourth-order valence-electron chi connectivity index (χ4n) is 2.42. The van der Waals surface area contributed by atoms with Gasteiger partial charge in [-0.05, 0) is 43.0 Å². The standard InChI is InChI=1S/C16H22N2O5S/c1-12-7-9-18(10-8-12)24(21,22)14-5-3-13(4-6-14)16(20)23-11-15(19)17-2/h3-6,12H,7-11H2,1-2H3,(H,17,19). The van der Waals surface area contributed by atoms with Crippen LogP contribution >= 0.6 is 0 Å². The van der Waals surface area contributed by atoms with Gasteiger partial charge in [0.1, 0.15) is 0 Å². The van der Waals surface area contributed by atoms with Crippen LogP contribution in [0.5, 0.6) is 0 Å².